The maximum absolute atomic E-state index is 4.36. The third-order valence-corrected chi connectivity index (χ3v) is 1.99. The van der Waals surface area contributed by atoms with Crippen molar-refractivity contribution in [2.45, 2.75) is 19.8 Å². The van der Waals surface area contributed by atoms with E-state index in [0.29, 0.717) is 5.92 Å². The lowest BCUT2D eigenvalue weighted by Gasteiger charge is -1.99. The molecule has 0 amide bonds. The van der Waals surface area contributed by atoms with Crippen molar-refractivity contribution in [1.82, 2.24) is 9.78 Å². The minimum absolute atomic E-state index is 0.361. The van der Waals surface area contributed by atoms with Crippen molar-refractivity contribution >= 4 is 18.5 Å². The molecular formula is C10H15N3. The Kier molecular flexibility index (Phi) is 2.66. The van der Waals surface area contributed by atoms with Crippen LogP contribution in [0.15, 0.2) is 11.6 Å². The first-order valence-electron chi connectivity index (χ1n) is 4.27. The smallest absolute Gasteiger partial charge is 0.111 e. The molecule has 1 heterocycles. The summed E-state index contributed by atoms with van der Waals surface area (Å²) < 4.78 is 1.78. The zero-order valence-corrected chi connectivity index (χ0v) is 8.41. The highest BCUT2D eigenvalue weighted by Crippen LogP contribution is 2.29. The zero-order chi connectivity index (χ0) is 10.0. The van der Waals surface area contributed by atoms with Gasteiger partial charge in [-0.1, -0.05) is 20.4 Å². The molecule has 1 aromatic rings. The van der Waals surface area contributed by atoms with Crippen molar-refractivity contribution in [3.63, 3.8) is 0 Å². The number of hydrogen-bond acceptors (Lipinski definition) is 2. The van der Waals surface area contributed by atoms with E-state index in [0.717, 1.165) is 17.1 Å². The van der Waals surface area contributed by atoms with Gasteiger partial charge in [-0.2, -0.15) is 5.10 Å². The van der Waals surface area contributed by atoms with Gasteiger partial charge < -0.3 is 0 Å². The van der Waals surface area contributed by atoms with Crippen LogP contribution < -0.4 is 0 Å². The van der Waals surface area contributed by atoms with Gasteiger partial charge in [0, 0.05) is 7.05 Å². The first-order valence-corrected chi connectivity index (χ1v) is 4.27. The summed E-state index contributed by atoms with van der Waals surface area (Å²) in [6.45, 7) is 11.4. The predicted molar refractivity (Wildman–Crippen MR) is 56.6 cm³/mol. The summed E-state index contributed by atoms with van der Waals surface area (Å²) in [5.74, 6) is 0.361. The molecule has 0 atom stereocenters. The molecule has 0 unspecified atom stereocenters. The van der Waals surface area contributed by atoms with Gasteiger partial charge in [-0.05, 0) is 18.7 Å². The van der Waals surface area contributed by atoms with E-state index in [2.05, 4.69) is 37.2 Å². The Morgan fingerprint density at radius 3 is 2.54 bits per heavy atom. The van der Waals surface area contributed by atoms with Crippen LogP contribution in [0.25, 0.3) is 6.08 Å². The second kappa shape index (κ2) is 3.56. The summed E-state index contributed by atoms with van der Waals surface area (Å²) >= 11 is 0. The topological polar surface area (TPSA) is 30.2 Å². The third-order valence-electron chi connectivity index (χ3n) is 1.99. The third kappa shape index (κ3) is 1.54. The summed E-state index contributed by atoms with van der Waals surface area (Å²) in [5, 5.41) is 4.36. The Balaban J connectivity index is 3.37. The number of rotatable bonds is 3. The highest BCUT2D eigenvalue weighted by atomic mass is 15.3. The van der Waals surface area contributed by atoms with Crippen molar-refractivity contribution in [3.8, 4) is 0 Å². The van der Waals surface area contributed by atoms with Crippen LogP contribution in [0.1, 0.15) is 31.2 Å². The van der Waals surface area contributed by atoms with Gasteiger partial charge in [0.15, 0.2) is 0 Å². The Morgan fingerprint density at radius 1 is 1.54 bits per heavy atom. The Labute approximate surface area is 78.8 Å². The van der Waals surface area contributed by atoms with Crippen molar-refractivity contribution in [3.05, 3.63) is 18.0 Å². The molecule has 0 radical (unpaired) electrons. The Hall–Kier alpha value is -1.38. The molecule has 3 heteroatoms. The maximum atomic E-state index is 4.36. The fourth-order valence-corrected chi connectivity index (χ4v) is 1.33. The first kappa shape index (κ1) is 9.71. The second-order valence-corrected chi connectivity index (χ2v) is 3.26. The number of aliphatic imine (C=N–C) groups is 1. The lowest BCUT2D eigenvalue weighted by Crippen LogP contribution is -1.94. The standard InChI is InChI=1S/C10H15N3/c1-6-8-10(11-4)9(7(2)3)12-13(8)5/h6-7H,1,4H2,2-3,5H3. The largest absolute Gasteiger partial charge is 0.266 e. The molecule has 70 valence electrons. The van der Waals surface area contributed by atoms with Gasteiger partial charge in [0.1, 0.15) is 5.69 Å². The molecule has 0 saturated heterocycles. The van der Waals surface area contributed by atoms with Crippen LogP contribution >= 0.6 is 0 Å². The van der Waals surface area contributed by atoms with Gasteiger partial charge in [-0.15, -0.1) is 0 Å². The van der Waals surface area contributed by atoms with Crippen molar-refractivity contribution in [1.29, 1.82) is 0 Å². The molecule has 13 heavy (non-hydrogen) atoms. The highest BCUT2D eigenvalue weighted by molar-refractivity contribution is 5.65. The van der Waals surface area contributed by atoms with E-state index in [1.165, 1.54) is 0 Å². The van der Waals surface area contributed by atoms with E-state index in [4.69, 9.17) is 0 Å². The SMILES string of the molecule is C=Cc1c(N=C)c(C(C)C)nn1C. The van der Waals surface area contributed by atoms with Crippen LogP contribution in [0.5, 0.6) is 0 Å². The van der Waals surface area contributed by atoms with Gasteiger partial charge >= 0.3 is 0 Å². The number of hydrogen-bond donors (Lipinski definition) is 0. The van der Waals surface area contributed by atoms with Gasteiger partial charge in [-0.3, -0.25) is 9.67 Å². The number of aryl methyl sites for hydroxylation is 1. The lowest BCUT2D eigenvalue weighted by molar-refractivity contribution is 0.709. The molecule has 0 aliphatic heterocycles. The molecule has 0 aliphatic rings. The lowest BCUT2D eigenvalue weighted by atomic mass is 10.1. The van der Waals surface area contributed by atoms with Crippen LogP contribution in [0, 0.1) is 0 Å². The number of aromatic nitrogens is 2. The molecule has 0 fully saturated rings. The Morgan fingerprint density at radius 2 is 2.15 bits per heavy atom. The van der Waals surface area contributed by atoms with Gasteiger partial charge in [0.05, 0.1) is 11.4 Å². The van der Waals surface area contributed by atoms with E-state index < -0.39 is 0 Å². The molecular weight excluding hydrogens is 162 g/mol. The molecule has 1 aromatic heterocycles. The van der Waals surface area contributed by atoms with Gasteiger partial charge in [0.2, 0.25) is 0 Å². The minimum Gasteiger partial charge on any atom is -0.266 e. The molecule has 1 rings (SSSR count). The summed E-state index contributed by atoms with van der Waals surface area (Å²) in [4.78, 5) is 3.98. The summed E-state index contributed by atoms with van der Waals surface area (Å²) in [5.41, 5.74) is 2.76. The highest BCUT2D eigenvalue weighted by Gasteiger charge is 2.14. The van der Waals surface area contributed by atoms with Crippen LogP contribution in [0.3, 0.4) is 0 Å². The molecule has 0 N–H and O–H groups in total. The monoisotopic (exact) mass is 177 g/mol. The average Bonchev–Trinajstić information content (AvgIpc) is 2.41. The minimum atomic E-state index is 0.361. The number of nitrogens with zero attached hydrogens (tertiary/aromatic N) is 3. The maximum Gasteiger partial charge on any atom is 0.111 e. The van der Waals surface area contributed by atoms with Gasteiger partial charge in [-0.25, -0.2) is 0 Å². The van der Waals surface area contributed by atoms with Crippen molar-refractivity contribution in [2.75, 3.05) is 0 Å². The molecule has 0 aliphatic carbocycles. The van der Waals surface area contributed by atoms with Crippen LogP contribution in [-0.4, -0.2) is 16.5 Å². The van der Waals surface area contributed by atoms with Crippen LogP contribution in [0.2, 0.25) is 0 Å². The molecule has 0 saturated carbocycles. The van der Waals surface area contributed by atoms with E-state index in [1.54, 1.807) is 10.8 Å². The summed E-state index contributed by atoms with van der Waals surface area (Å²) in [6.07, 6.45) is 1.75. The van der Waals surface area contributed by atoms with Crippen LogP contribution in [0.4, 0.5) is 5.69 Å². The van der Waals surface area contributed by atoms with E-state index in [9.17, 15) is 0 Å². The molecule has 0 bridgehead atoms. The van der Waals surface area contributed by atoms with E-state index in [1.807, 2.05) is 7.05 Å². The molecule has 0 aromatic carbocycles. The fraction of sp³-hybridized carbons (Fsp3) is 0.400. The van der Waals surface area contributed by atoms with E-state index >= 15 is 0 Å². The summed E-state index contributed by atoms with van der Waals surface area (Å²) in [7, 11) is 1.89. The Bertz CT molecular complexity index is 334. The van der Waals surface area contributed by atoms with E-state index in [-0.39, 0.29) is 0 Å². The average molecular weight is 177 g/mol. The first-order chi connectivity index (χ1) is 6.11. The predicted octanol–water partition coefficient (Wildman–Crippen LogP) is 2.52. The van der Waals surface area contributed by atoms with Crippen LogP contribution in [-0.2, 0) is 7.05 Å². The van der Waals surface area contributed by atoms with Crippen molar-refractivity contribution in [2.24, 2.45) is 12.0 Å². The second-order valence-electron chi connectivity index (χ2n) is 3.26. The normalized spacial score (nSPS) is 10.5. The van der Waals surface area contributed by atoms with Crippen molar-refractivity contribution < 1.29 is 0 Å². The molecule has 3 nitrogen and oxygen atoms in total. The zero-order valence-electron chi connectivity index (χ0n) is 8.41. The van der Waals surface area contributed by atoms with Gasteiger partial charge in [0.25, 0.3) is 0 Å². The quantitative estimate of drug-likeness (QED) is 0.652. The summed E-state index contributed by atoms with van der Waals surface area (Å²) in [6, 6.07) is 0. The fourth-order valence-electron chi connectivity index (χ4n) is 1.33. The molecule has 0 spiro atoms.